The summed E-state index contributed by atoms with van der Waals surface area (Å²) in [5.74, 6) is 6.91. The first-order valence-corrected chi connectivity index (χ1v) is 13.1. The van der Waals surface area contributed by atoms with E-state index in [0.29, 0.717) is 0 Å². The number of hydrogen-bond donors (Lipinski definition) is 0. The summed E-state index contributed by atoms with van der Waals surface area (Å²) in [7, 11) is -0.883. The molecular weight excluding hydrogens is 537 g/mol. The summed E-state index contributed by atoms with van der Waals surface area (Å²) in [6.07, 6.45) is 24.2. The molecule has 0 aromatic rings. The molecule has 0 atom stereocenters. The summed E-state index contributed by atoms with van der Waals surface area (Å²) in [5, 5.41) is 0. The number of allylic oxidation sites excluding steroid dienone is 10. The quantitative estimate of drug-likeness (QED) is 0.263. The van der Waals surface area contributed by atoms with Crippen molar-refractivity contribution in [3.63, 3.8) is 0 Å². The molecule has 4 nitrogen and oxygen atoms in total. The number of hydrogen-bond acceptors (Lipinski definition) is 4. The van der Waals surface area contributed by atoms with Crippen LogP contribution in [0.5, 0.6) is 0 Å². The van der Waals surface area contributed by atoms with Gasteiger partial charge < -0.3 is 41.7 Å². The van der Waals surface area contributed by atoms with Crippen LogP contribution in [-0.2, 0) is 44.8 Å². The Balaban J connectivity index is 0.000000362. The van der Waals surface area contributed by atoms with Gasteiger partial charge in [0.05, 0.1) is 22.4 Å². The second-order valence-electron chi connectivity index (χ2n) is 11.6. The Kier molecular flexibility index (Phi) is 11.9. The van der Waals surface area contributed by atoms with Gasteiger partial charge in [-0.25, -0.2) is 0 Å². The molecule has 0 bridgehead atoms. The Labute approximate surface area is 246 Å². The Hall–Kier alpha value is -0.707. The van der Waals surface area contributed by atoms with E-state index >= 15 is 0 Å². The standard InChI is InChI=1S/C20H32B2O4.2C5H5.Zr/c1-17(2)18(3,4)24-21(23-17)13-15-11-9-10-12-16(15)14-22-25-19(5,6)20(7,8)26-22;2*1-2-4-5-3-1;/h9-12H2,1-8H3;2*1-5H;/q-2;;;+2. The topological polar surface area (TPSA) is 36.9 Å². The summed E-state index contributed by atoms with van der Waals surface area (Å²) >= 11 is 0. The van der Waals surface area contributed by atoms with Crippen molar-refractivity contribution >= 4 is 14.2 Å². The monoisotopic (exact) mass is 578 g/mol. The van der Waals surface area contributed by atoms with Crippen LogP contribution in [0.25, 0.3) is 0 Å². The van der Waals surface area contributed by atoms with E-state index in [-0.39, 0.29) is 48.6 Å². The van der Waals surface area contributed by atoms with Gasteiger partial charge in [-0.2, -0.15) is 0 Å². The van der Waals surface area contributed by atoms with Crippen molar-refractivity contribution in [1.29, 1.82) is 0 Å². The van der Waals surface area contributed by atoms with Crippen LogP contribution in [-0.4, -0.2) is 36.6 Å². The molecule has 2 radical (unpaired) electrons. The van der Waals surface area contributed by atoms with E-state index in [4.69, 9.17) is 18.6 Å². The third-order valence-corrected chi connectivity index (χ3v) is 7.67. The maximum absolute atomic E-state index is 6.09. The van der Waals surface area contributed by atoms with Crippen molar-refractivity contribution in [3.05, 3.63) is 84.5 Å². The average Bonchev–Trinajstić information content (AvgIpc) is 3.56. The van der Waals surface area contributed by atoms with E-state index in [2.05, 4.69) is 67.3 Å². The Morgan fingerprint density at radius 1 is 0.514 bits per heavy atom. The molecule has 3 fully saturated rings. The molecule has 0 spiro atoms. The van der Waals surface area contributed by atoms with Crippen LogP contribution in [0.2, 0.25) is 0 Å². The average molecular weight is 580 g/mol. The van der Waals surface area contributed by atoms with Gasteiger partial charge in [0, 0.05) is 12.8 Å². The van der Waals surface area contributed by atoms with Crippen LogP contribution in [0.1, 0.15) is 81.1 Å². The molecule has 0 N–H and O–H groups in total. The van der Waals surface area contributed by atoms with Crippen molar-refractivity contribution < 1.29 is 44.8 Å². The van der Waals surface area contributed by atoms with Gasteiger partial charge in [-0.15, -0.1) is 12.8 Å². The molecule has 1 saturated carbocycles. The summed E-state index contributed by atoms with van der Waals surface area (Å²) in [6, 6.07) is 0. The summed E-state index contributed by atoms with van der Waals surface area (Å²) in [4.78, 5) is 0. The first-order chi connectivity index (χ1) is 16.8. The van der Waals surface area contributed by atoms with Crippen molar-refractivity contribution in [3.8, 4) is 0 Å². The van der Waals surface area contributed by atoms with Crippen molar-refractivity contribution in [1.82, 2.24) is 0 Å². The molecule has 3 aliphatic carbocycles. The molecule has 37 heavy (non-hydrogen) atoms. The SMILES string of the molecule is CC1(C)OB([C-]=C2CCCCC2=[C-]B2OC(C)(C)C(C)(C)O2)OC1(C)C.[CH]1C=CC=C1.[CH]1C=CC=C1.[Zr+2]. The second-order valence-corrected chi connectivity index (χ2v) is 11.6. The molecule has 2 heterocycles. The van der Waals surface area contributed by atoms with E-state index < -0.39 is 14.2 Å². The third-order valence-electron chi connectivity index (χ3n) is 7.67. The summed E-state index contributed by atoms with van der Waals surface area (Å²) in [5.41, 5.74) is 0.866. The van der Waals surface area contributed by atoms with Crippen LogP contribution in [0.15, 0.2) is 59.8 Å². The fourth-order valence-corrected chi connectivity index (χ4v) is 3.95. The second kappa shape index (κ2) is 13.6. The molecule has 0 amide bonds. The van der Waals surface area contributed by atoms with Crippen LogP contribution in [0.3, 0.4) is 0 Å². The first kappa shape index (κ1) is 32.5. The Morgan fingerprint density at radius 3 is 1.00 bits per heavy atom. The van der Waals surface area contributed by atoms with Gasteiger partial charge in [0.15, 0.2) is 0 Å². The van der Waals surface area contributed by atoms with E-state index in [0.717, 1.165) is 36.8 Å². The maximum atomic E-state index is 6.09. The van der Waals surface area contributed by atoms with Crippen LogP contribution < -0.4 is 0 Å². The number of rotatable bonds is 2. The van der Waals surface area contributed by atoms with E-state index in [9.17, 15) is 0 Å². The molecule has 0 unspecified atom stereocenters. The molecule has 2 saturated heterocycles. The fraction of sp³-hybridized carbons (Fsp3) is 0.533. The Morgan fingerprint density at radius 2 is 0.784 bits per heavy atom. The zero-order chi connectivity index (χ0) is 26.5. The molecule has 5 rings (SSSR count). The van der Waals surface area contributed by atoms with Gasteiger partial charge in [-0.3, -0.25) is 0 Å². The molecule has 5 aliphatic rings. The van der Waals surface area contributed by atoms with Crippen molar-refractivity contribution in [2.45, 2.75) is 103 Å². The van der Waals surface area contributed by atoms with Gasteiger partial charge in [0.1, 0.15) is 0 Å². The van der Waals surface area contributed by atoms with Crippen molar-refractivity contribution in [2.24, 2.45) is 0 Å². The van der Waals surface area contributed by atoms with E-state index in [1.165, 1.54) is 0 Å². The molecule has 2 aliphatic heterocycles. The molecule has 7 heteroatoms. The molecular formula is C30H42B2O4Zr. The Bertz CT molecular complexity index is 813. The van der Waals surface area contributed by atoms with Gasteiger partial charge in [-0.1, -0.05) is 61.4 Å². The minimum absolute atomic E-state index is 0. The van der Waals surface area contributed by atoms with Crippen molar-refractivity contribution in [2.75, 3.05) is 0 Å². The predicted octanol–water partition coefficient (Wildman–Crippen LogP) is 6.91. The van der Waals surface area contributed by atoms with Gasteiger partial charge in [0.2, 0.25) is 0 Å². The fourth-order valence-electron chi connectivity index (χ4n) is 3.95. The van der Waals surface area contributed by atoms with Crippen LogP contribution in [0, 0.1) is 24.8 Å². The molecule has 0 aromatic carbocycles. The predicted molar refractivity (Wildman–Crippen MR) is 149 cm³/mol. The smallest absolute Gasteiger partial charge is 0.416 e. The van der Waals surface area contributed by atoms with Gasteiger partial charge >= 0.3 is 40.4 Å². The van der Waals surface area contributed by atoms with E-state index in [1.807, 2.05) is 61.4 Å². The van der Waals surface area contributed by atoms with Gasteiger partial charge in [-0.05, 0) is 55.4 Å². The van der Waals surface area contributed by atoms with Crippen LogP contribution >= 0.6 is 0 Å². The third kappa shape index (κ3) is 8.90. The minimum atomic E-state index is -0.441. The normalized spacial score (nSPS) is 27.7. The first-order valence-electron chi connectivity index (χ1n) is 13.1. The summed E-state index contributed by atoms with van der Waals surface area (Å²) < 4.78 is 24.4. The minimum Gasteiger partial charge on any atom is -0.416 e. The van der Waals surface area contributed by atoms with Crippen LogP contribution in [0.4, 0.5) is 0 Å². The van der Waals surface area contributed by atoms with Gasteiger partial charge in [0.25, 0.3) is 0 Å². The molecule has 196 valence electrons. The zero-order valence-electron chi connectivity index (χ0n) is 23.9. The van der Waals surface area contributed by atoms with E-state index in [1.54, 1.807) is 0 Å². The molecule has 0 aromatic heterocycles. The maximum Gasteiger partial charge on any atom is 2.00 e. The summed E-state index contributed by atoms with van der Waals surface area (Å²) in [6.45, 7) is 16.5. The zero-order valence-corrected chi connectivity index (χ0v) is 26.3. The largest absolute Gasteiger partial charge is 2.00 e.